The van der Waals surface area contributed by atoms with Gasteiger partial charge in [-0.15, -0.1) is 0 Å². The topological polar surface area (TPSA) is 72.1 Å². The molecule has 3 rings (SSSR count). The lowest BCUT2D eigenvalue weighted by atomic mass is 10.2. The van der Waals surface area contributed by atoms with Gasteiger partial charge in [-0.1, -0.05) is 0 Å². The largest absolute Gasteiger partial charge is 0.369 e. The minimum atomic E-state index is 0.671. The molecule has 0 unspecified atom stereocenters. The molecule has 7 nitrogen and oxygen atoms in total. The summed E-state index contributed by atoms with van der Waals surface area (Å²) >= 11 is 0. The predicted octanol–water partition coefficient (Wildman–Crippen LogP) is 1.82. The number of aromatic nitrogens is 5. The molecule has 0 amide bonds. The monoisotopic (exact) mass is 285 g/mol. The maximum atomic E-state index is 4.58. The smallest absolute Gasteiger partial charge is 0.180 e. The van der Waals surface area contributed by atoms with E-state index < -0.39 is 0 Å². The van der Waals surface area contributed by atoms with E-state index in [4.69, 9.17) is 0 Å². The zero-order valence-corrected chi connectivity index (χ0v) is 12.5. The first kappa shape index (κ1) is 13.4. The van der Waals surface area contributed by atoms with E-state index in [0.29, 0.717) is 6.54 Å². The number of hydrogen-bond acceptors (Lipinski definition) is 5. The summed E-state index contributed by atoms with van der Waals surface area (Å²) in [5.74, 6) is 1.59. The van der Waals surface area contributed by atoms with E-state index in [0.717, 1.165) is 35.1 Å². The van der Waals surface area contributed by atoms with E-state index in [1.54, 1.807) is 6.20 Å². The van der Waals surface area contributed by atoms with E-state index in [1.807, 2.05) is 48.6 Å². The molecule has 3 aromatic rings. The molecule has 0 fully saturated rings. The lowest BCUT2D eigenvalue weighted by Gasteiger charge is -2.09. The molecule has 3 heterocycles. The second-order valence-electron chi connectivity index (χ2n) is 4.93. The van der Waals surface area contributed by atoms with E-state index in [9.17, 15) is 0 Å². The summed E-state index contributed by atoms with van der Waals surface area (Å²) in [6.45, 7) is 5.55. The van der Waals surface area contributed by atoms with Crippen molar-refractivity contribution >= 4 is 17.3 Å². The number of aryl methyl sites for hydroxylation is 2. The maximum absolute atomic E-state index is 4.58. The van der Waals surface area contributed by atoms with Crippen LogP contribution in [-0.4, -0.2) is 30.7 Å². The van der Waals surface area contributed by atoms with Crippen LogP contribution in [0.4, 0.5) is 11.6 Å². The summed E-state index contributed by atoms with van der Waals surface area (Å²) < 4.78 is 3.78. The predicted molar refractivity (Wildman–Crippen MR) is 82.4 cm³/mol. The third-order valence-electron chi connectivity index (χ3n) is 3.29. The van der Waals surface area contributed by atoms with Gasteiger partial charge in [0.2, 0.25) is 0 Å². The fraction of sp³-hybridized carbons (Fsp3) is 0.357. The third kappa shape index (κ3) is 2.67. The first-order valence-electron chi connectivity index (χ1n) is 6.98. The van der Waals surface area contributed by atoms with E-state index in [1.165, 1.54) is 0 Å². The highest BCUT2D eigenvalue weighted by atomic mass is 15.3. The van der Waals surface area contributed by atoms with E-state index >= 15 is 0 Å². The Kier molecular flexibility index (Phi) is 3.47. The van der Waals surface area contributed by atoms with Crippen LogP contribution < -0.4 is 10.6 Å². The Morgan fingerprint density at radius 2 is 2.10 bits per heavy atom. The molecule has 0 aliphatic rings. The van der Waals surface area contributed by atoms with Crippen molar-refractivity contribution in [2.45, 2.75) is 20.4 Å². The molecule has 0 bridgehead atoms. The Labute approximate surface area is 123 Å². The maximum Gasteiger partial charge on any atom is 0.180 e. The normalized spacial score (nSPS) is 11.0. The molecule has 0 aliphatic heterocycles. The van der Waals surface area contributed by atoms with E-state index in [2.05, 4.69) is 25.7 Å². The Morgan fingerprint density at radius 3 is 2.81 bits per heavy atom. The highest BCUT2D eigenvalue weighted by Gasteiger charge is 2.09. The minimum absolute atomic E-state index is 0.671. The van der Waals surface area contributed by atoms with Gasteiger partial charge in [0.05, 0.1) is 11.9 Å². The Hall–Kier alpha value is -2.57. The third-order valence-corrected chi connectivity index (χ3v) is 3.29. The number of nitrogens with one attached hydrogen (secondary N) is 2. The lowest BCUT2D eigenvalue weighted by molar-refractivity contribution is 0.756. The first-order valence-corrected chi connectivity index (χ1v) is 6.98. The van der Waals surface area contributed by atoms with Gasteiger partial charge in [0, 0.05) is 44.3 Å². The van der Waals surface area contributed by atoms with Crippen LogP contribution in [0.3, 0.4) is 0 Å². The van der Waals surface area contributed by atoms with Gasteiger partial charge in [0.25, 0.3) is 0 Å². The Bertz CT molecular complexity index is 756. The molecule has 2 N–H and O–H groups in total. The molecule has 0 aromatic carbocycles. The standard InChI is InChI=1S/C14H19N7/c1-4-15-12-9-21-6-5-16-14(21)13(18-12)17-7-11-8-20(3)19-10(11)2/h5-6,8-9,15H,4,7H2,1-3H3,(H,17,18). The SMILES string of the molecule is CCNc1cn2ccnc2c(NCc2cn(C)nc2C)n1. The van der Waals surface area contributed by atoms with Crippen LogP contribution in [0.1, 0.15) is 18.2 Å². The number of anilines is 2. The van der Waals surface area contributed by atoms with Crippen molar-refractivity contribution in [3.8, 4) is 0 Å². The van der Waals surface area contributed by atoms with Gasteiger partial charge >= 0.3 is 0 Å². The zero-order valence-electron chi connectivity index (χ0n) is 12.5. The number of nitrogens with zero attached hydrogens (tertiary/aromatic N) is 5. The zero-order chi connectivity index (χ0) is 14.8. The van der Waals surface area contributed by atoms with Crippen molar-refractivity contribution in [2.24, 2.45) is 7.05 Å². The number of imidazole rings is 1. The number of hydrogen-bond donors (Lipinski definition) is 2. The van der Waals surface area contributed by atoms with Gasteiger partial charge in [0.1, 0.15) is 5.82 Å². The van der Waals surface area contributed by atoms with Crippen LogP contribution in [0.2, 0.25) is 0 Å². The van der Waals surface area contributed by atoms with Crippen molar-refractivity contribution < 1.29 is 0 Å². The van der Waals surface area contributed by atoms with Gasteiger partial charge < -0.3 is 15.0 Å². The second kappa shape index (κ2) is 5.43. The fourth-order valence-corrected chi connectivity index (χ4v) is 2.32. The van der Waals surface area contributed by atoms with Gasteiger partial charge in [-0.25, -0.2) is 9.97 Å². The van der Waals surface area contributed by atoms with Crippen molar-refractivity contribution in [1.82, 2.24) is 24.1 Å². The number of rotatable bonds is 5. The van der Waals surface area contributed by atoms with Crippen LogP contribution in [-0.2, 0) is 13.6 Å². The summed E-state index contributed by atoms with van der Waals surface area (Å²) in [4.78, 5) is 8.93. The fourth-order valence-electron chi connectivity index (χ4n) is 2.32. The quantitative estimate of drug-likeness (QED) is 0.748. The molecule has 21 heavy (non-hydrogen) atoms. The molecule has 7 heteroatoms. The van der Waals surface area contributed by atoms with Crippen LogP contribution in [0, 0.1) is 6.92 Å². The molecule has 3 aromatic heterocycles. The summed E-state index contributed by atoms with van der Waals surface area (Å²) in [6, 6.07) is 0. The van der Waals surface area contributed by atoms with Crippen molar-refractivity contribution in [1.29, 1.82) is 0 Å². The van der Waals surface area contributed by atoms with Gasteiger partial charge in [-0.3, -0.25) is 4.68 Å². The average molecular weight is 285 g/mol. The second-order valence-corrected chi connectivity index (χ2v) is 4.93. The lowest BCUT2D eigenvalue weighted by Crippen LogP contribution is -2.08. The van der Waals surface area contributed by atoms with Crippen molar-refractivity contribution in [3.05, 3.63) is 36.0 Å². The van der Waals surface area contributed by atoms with Crippen molar-refractivity contribution in [3.63, 3.8) is 0 Å². The highest BCUT2D eigenvalue weighted by molar-refractivity contribution is 5.65. The molecule has 0 radical (unpaired) electrons. The molecular weight excluding hydrogens is 266 g/mol. The molecule has 0 atom stereocenters. The minimum Gasteiger partial charge on any atom is -0.369 e. The van der Waals surface area contributed by atoms with Gasteiger partial charge in [-0.2, -0.15) is 5.10 Å². The molecular formula is C14H19N7. The molecule has 0 spiro atoms. The highest BCUT2D eigenvalue weighted by Crippen LogP contribution is 2.17. The van der Waals surface area contributed by atoms with Crippen LogP contribution in [0.25, 0.3) is 5.65 Å². The van der Waals surface area contributed by atoms with Crippen molar-refractivity contribution in [2.75, 3.05) is 17.2 Å². The molecule has 0 aliphatic carbocycles. The number of fused-ring (bicyclic) bond motifs is 1. The summed E-state index contributed by atoms with van der Waals surface area (Å²) in [6.07, 6.45) is 7.64. The Balaban J connectivity index is 1.88. The van der Waals surface area contributed by atoms with Crippen LogP contribution >= 0.6 is 0 Å². The summed E-state index contributed by atoms with van der Waals surface area (Å²) in [7, 11) is 1.92. The summed E-state index contributed by atoms with van der Waals surface area (Å²) in [5, 5.41) is 10.9. The van der Waals surface area contributed by atoms with E-state index in [-0.39, 0.29) is 0 Å². The molecule has 110 valence electrons. The molecule has 0 saturated heterocycles. The van der Waals surface area contributed by atoms with Crippen LogP contribution in [0.15, 0.2) is 24.8 Å². The van der Waals surface area contributed by atoms with Gasteiger partial charge in [-0.05, 0) is 13.8 Å². The Morgan fingerprint density at radius 1 is 1.24 bits per heavy atom. The summed E-state index contributed by atoms with van der Waals surface area (Å²) in [5.41, 5.74) is 2.99. The van der Waals surface area contributed by atoms with Crippen LogP contribution in [0.5, 0.6) is 0 Å². The average Bonchev–Trinajstić information content (AvgIpc) is 3.03. The molecule has 0 saturated carbocycles. The van der Waals surface area contributed by atoms with Gasteiger partial charge in [0.15, 0.2) is 11.5 Å². The first-order chi connectivity index (χ1) is 10.2.